The zero-order valence-electron chi connectivity index (χ0n) is 12.1. The van der Waals surface area contributed by atoms with Crippen LogP contribution in [0.5, 0.6) is 0 Å². The zero-order valence-corrected chi connectivity index (χ0v) is 12.1. The van der Waals surface area contributed by atoms with Crippen LogP contribution >= 0.6 is 0 Å². The smallest absolute Gasteiger partial charge is 0.402 e. The summed E-state index contributed by atoms with van der Waals surface area (Å²) in [6.45, 7) is 12.3. The number of nitrogens with two attached hydrogens (primary N) is 1. The predicted octanol–water partition coefficient (Wildman–Crippen LogP) is 2.15. The second-order valence-electron chi connectivity index (χ2n) is 6.39. The molecule has 2 aliphatic heterocycles. The van der Waals surface area contributed by atoms with E-state index in [0.29, 0.717) is 5.82 Å². The van der Waals surface area contributed by atoms with Crippen molar-refractivity contribution in [1.29, 1.82) is 0 Å². The topological polar surface area (TPSA) is 56.5 Å². The molecule has 0 saturated carbocycles. The second-order valence-corrected chi connectivity index (χ2v) is 6.39. The van der Waals surface area contributed by atoms with Crippen molar-refractivity contribution in [2.45, 2.75) is 58.1 Å². The van der Waals surface area contributed by atoms with Gasteiger partial charge in [-0.2, -0.15) is 0 Å². The summed E-state index contributed by atoms with van der Waals surface area (Å²) in [5.74, 6) is 0.676. The lowest BCUT2D eigenvalue weighted by molar-refractivity contribution is 0.00578. The van der Waals surface area contributed by atoms with E-state index in [4.69, 9.17) is 15.0 Å². The fraction of sp³-hybridized carbons (Fsp3) is 0.692. The number of hydrogen-bond donors (Lipinski definition) is 2. The first kappa shape index (κ1) is 13.5. The molecule has 0 bridgehead atoms. The molecule has 1 unspecified atom stereocenters. The SMILES string of the molecule is CC1=C(N)NC=CC1(C)B1OC(C)(C)C(C)(C)O1. The first-order valence-corrected chi connectivity index (χ1v) is 6.37. The van der Waals surface area contributed by atoms with E-state index in [0.717, 1.165) is 5.57 Å². The molecule has 0 amide bonds. The van der Waals surface area contributed by atoms with Gasteiger partial charge in [0.25, 0.3) is 0 Å². The molecule has 1 saturated heterocycles. The van der Waals surface area contributed by atoms with Gasteiger partial charge in [0.15, 0.2) is 0 Å². The van der Waals surface area contributed by atoms with Gasteiger partial charge in [-0.05, 0) is 46.4 Å². The Bertz CT molecular complexity index is 413. The summed E-state index contributed by atoms with van der Waals surface area (Å²) in [6, 6.07) is 0. The fourth-order valence-corrected chi connectivity index (χ4v) is 2.17. The molecule has 5 heteroatoms. The molecule has 18 heavy (non-hydrogen) atoms. The maximum absolute atomic E-state index is 6.13. The molecule has 2 aliphatic rings. The van der Waals surface area contributed by atoms with Gasteiger partial charge in [-0.1, -0.05) is 13.0 Å². The van der Waals surface area contributed by atoms with Crippen LogP contribution in [0.3, 0.4) is 0 Å². The van der Waals surface area contributed by atoms with E-state index in [-0.39, 0.29) is 23.6 Å². The maximum Gasteiger partial charge on any atom is 0.472 e. The van der Waals surface area contributed by atoms with Crippen LogP contribution in [0.4, 0.5) is 0 Å². The molecule has 2 heterocycles. The van der Waals surface area contributed by atoms with Crippen LogP contribution in [0.25, 0.3) is 0 Å². The molecule has 0 aliphatic carbocycles. The summed E-state index contributed by atoms with van der Waals surface area (Å²) in [5, 5.41) is 2.68. The van der Waals surface area contributed by atoms with Crippen LogP contribution in [0.1, 0.15) is 41.5 Å². The highest BCUT2D eigenvalue weighted by atomic mass is 16.7. The van der Waals surface area contributed by atoms with Crippen molar-refractivity contribution in [3.05, 3.63) is 23.7 Å². The maximum atomic E-state index is 6.13. The highest BCUT2D eigenvalue weighted by Gasteiger charge is 2.58. The average Bonchev–Trinajstić information content (AvgIpc) is 2.45. The molecule has 100 valence electrons. The quantitative estimate of drug-likeness (QED) is 0.700. The average molecular weight is 250 g/mol. The van der Waals surface area contributed by atoms with E-state index in [1.807, 2.05) is 13.1 Å². The third-order valence-corrected chi connectivity index (χ3v) is 4.62. The molecular formula is C13H23BN2O2. The Labute approximate surface area is 110 Å². The number of nitrogens with one attached hydrogen (secondary N) is 1. The summed E-state index contributed by atoms with van der Waals surface area (Å²) in [4.78, 5) is 0. The molecule has 2 rings (SSSR count). The monoisotopic (exact) mass is 250 g/mol. The third-order valence-electron chi connectivity index (χ3n) is 4.62. The van der Waals surface area contributed by atoms with Crippen LogP contribution < -0.4 is 11.1 Å². The Morgan fingerprint density at radius 1 is 1.11 bits per heavy atom. The first-order chi connectivity index (χ1) is 8.10. The lowest BCUT2D eigenvalue weighted by Crippen LogP contribution is -2.41. The first-order valence-electron chi connectivity index (χ1n) is 6.37. The van der Waals surface area contributed by atoms with Crippen LogP contribution in [-0.4, -0.2) is 18.3 Å². The van der Waals surface area contributed by atoms with Gasteiger partial charge in [0.1, 0.15) is 0 Å². The van der Waals surface area contributed by atoms with E-state index in [9.17, 15) is 0 Å². The molecule has 1 atom stereocenters. The van der Waals surface area contributed by atoms with Crippen LogP contribution in [0.15, 0.2) is 23.7 Å². The van der Waals surface area contributed by atoms with Gasteiger partial charge in [-0.15, -0.1) is 0 Å². The van der Waals surface area contributed by atoms with Crippen molar-refractivity contribution in [3.63, 3.8) is 0 Å². The van der Waals surface area contributed by atoms with E-state index in [1.54, 1.807) is 0 Å². The van der Waals surface area contributed by atoms with Gasteiger partial charge >= 0.3 is 7.12 Å². The van der Waals surface area contributed by atoms with Gasteiger partial charge in [0.2, 0.25) is 0 Å². The van der Waals surface area contributed by atoms with Crippen LogP contribution in [0, 0.1) is 0 Å². The molecule has 4 nitrogen and oxygen atoms in total. The minimum atomic E-state index is -0.333. The second kappa shape index (κ2) is 3.78. The molecule has 0 aromatic rings. The molecule has 0 aromatic carbocycles. The third kappa shape index (κ3) is 1.77. The molecule has 3 N–H and O–H groups in total. The van der Waals surface area contributed by atoms with E-state index in [2.05, 4.69) is 46.0 Å². The summed E-state index contributed by atoms with van der Waals surface area (Å²) in [5.41, 5.74) is 6.36. The standard InChI is InChI=1S/C13H23BN2O2/c1-9-10(15)16-8-7-13(9,6)14-17-11(2,3)12(4,5)18-14/h7-8,16H,15H2,1-6H3. The predicted molar refractivity (Wildman–Crippen MR) is 73.6 cm³/mol. The molecule has 1 fully saturated rings. The van der Waals surface area contributed by atoms with Gasteiger partial charge in [0.05, 0.1) is 17.0 Å². The highest BCUT2D eigenvalue weighted by Crippen LogP contribution is 2.50. The van der Waals surface area contributed by atoms with Crippen molar-refractivity contribution < 1.29 is 9.31 Å². The van der Waals surface area contributed by atoms with Gasteiger partial charge in [-0.3, -0.25) is 0 Å². The van der Waals surface area contributed by atoms with E-state index < -0.39 is 0 Å². The lowest BCUT2D eigenvalue weighted by atomic mass is 9.54. The van der Waals surface area contributed by atoms with Gasteiger partial charge < -0.3 is 20.4 Å². The minimum absolute atomic E-state index is 0.320. The molecule has 0 radical (unpaired) electrons. The largest absolute Gasteiger partial charge is 0.472 e. The highest BCUT2D eigenvalue weighted by molar-refractivity contribution is 6.51. The Hall–Kier alpha value is -0.935. The number of allylic oxidation sites excluding steroid dienone is 2. The number of hydrogen-bond acceptors (Lipinski definition) is 4. The van der Waals surface area contributed by atoms with Crippen molar-refractivity contribution in [2.75, 3.05) is 0 Å². The fourth-order valence-electron chi connectivity index (χ4n) is 2.17. The van der Waals surface area contributed by atoms with Crippen LogP contribution in [0.2, 0.25) is 5.31 Å². The number of dihydropyridines is 1. The minimum Gasteiger partial charge on any atom is -0.402 e. The van der Waals surface area contributed by atoms with Gasteiger partial charge in [-0.25, -0.2) is 0 Å². The molecular weight excluding hydrogens is 227 g/mol. The zero-order chi connectivity index (χ0) is 13.8. The Morgan fingerprint density at radius 3 is 2.11 bits per heavy atom. The Kier molecular flexibility index (Phi) is 2.83. The van der Waals surface area contributed by atoms with Crippen molar-refractivity contribution in [3.8, 4) is 0 Å². The number of rotatable bonds is 1. The molecule has 0 spiro atoms. The van der Waals surface area contributed by atoms with Crippen molar-refractivity contribution in [2.24, 2.45) is 5.73 Å². The van der Waals surface area contributed by atoms with Crippen LogP contribution in [-0.2, 0) is 9.31 Å². The molecule has 0 aromatic heterocycles. The summed E-state index contributed by atoms with van der Waals surface area (Å²) < 4.78 is 12.3. The van der Waals surface area contributed by atoms with Gasteiger partial charge in [0, 0.05) is 5.31 Å². The normalized spacial score (nSPS) is 33.8. The van der Waals surface area contributed by atoms with Crippen molar-refractivity contribution >= 4 is 7.12 Å². The van der Waals surface area contributed by atoms with E-state index >= 15 is 0 Å². The Balaban J connectivity index is 2.34. The summed E-state index contributed by atoms with van der Waals surface area (Å²) in [7, 11) is -0.320. The summed E-state index contributed by atoms with van der Waals surface area (Å²) >= 11 is 0. The lowest BCUT2D eigenvalue weighted by Gasteiger charge is -2.33. The Morgan fingerprint density at radius 2 is 1.61 bits per heavy atom. The summed E-state index contributed by atoms with van der Waals surface area (Å²) in [6.07, 6.45) is 3.91. The van der Waals surface area contributed by atoms with E-state index in [1.165, 1.54) is 0 Å². The van der Waals surface area contributed by atoms with Crippen molar-refractivity contribution in [1.82, 2.24) is 5.32 Å².